The zero-order chi connectivity index (χ0) is 15.4. The van der Waals surface area contributed by atoms with Crippen LogP contribution in [0.3, 0.4) is 0 Å². The second kappa shape index (κ2) is 6.72. The molecule has 0 saturated carbocycles. The van der Waals surface area contributed by atoms with Crippen LogP contribution in [0.4, 0.5) is 4.39 Å². The van der Waals surface area contributed by atoms with Crippen molar-refractivity contribution in [3.05, 3.63) is 57.8 Å². The summed E-state index contributed by atoms with van der Waals surface area (Å²) < 4.78 is 25.1. The van der Waals surface area contributed by atoms with Crippen molar-refractivity contribution in [3.63, 3.8) is 0 Å². The van der Waals surface area contributed by atoms with E-state index in [4.69, 9.17) is 9.47 Å². The molecule has 0 aliphatic heterocycles. The van der Waals surface area contributed by atoms with E-state index in [1.807, 2.05) is 0 Å². The van der Waals surface area contributed by atoms with Gasteiger partial charge in [0.2, 0.25) is 0 Å². The molecule has 0 heterocycles. The van der Waals surface area contributed by atoms with Crippen molar-refractivity contribution < 1.29 is 18.7 Å². The minimum absolute atomic E-state index is 0.0486. The first kappa shape index (κ1) is 15.5. The zero-order valence-corrected chi connectivity index (χ0v) is 13.2. The first-order valence-corrected chi connectivity index (χ1v) is 7.06. The third-order valence-corrected chi connectivity index (χ3v) is 3.46. The number of hydrogen-bond donors (Lipinski definition) is 0. The molecule has 3 nitrogen and oxygen atoms in total. The number of carbonyl (C=O) groups excluding carboxylic acids is 1. The summed E-state index contributed by atoms with van der Waals surface area (Å²) in [5.74, 6) is 0.238. The lowest BCUT2D eigenvalue weighted by Gasteiger charge is -2.12. The molecule has 0 spiro atoms. The van der Waals surface area contributed by atoms with Crippen molar-refractivity contribution in [2.45, 2.75) is 13.5 Å². The van der Waals surface area contributed by atoms with E-state index in [-0.39, 0.29) is 18.1 Å². The highest BCUT2D eigenvalue weighted by Crippen LogP contribution is 2.26. The second-order valence-corrected chi connectivity index (χ2v) is 5.36. The van der Waals surface area contributed by atoms with E-state index >= 15 is 0 Å². The van der Waals surface area contributed by atoms with E-state index in [2.05, 4.69) is 15.9 Å². The Morgan fingerprint density at radius 2 is 1.95 bits per heavy atom. The van der Waals surface area contributed by atoms with E-state index in [1.165, 1.54) is 20.1 Å². The van der Waals surface area contributed by atoms with Gasteiger partial charge >= 0.3 is 0 Å². The van der Waals surface area contributed by atoms with Gasteiger partial charge in [0.25, 0.3) is 0 Å². The summed E-state index contributed by atoms with van der Waals surface area (Å²) in [4.78, 5) is 11.4. The lowest BCUT2D eigenvalue weighted by molar-refractivity contribution is 0.101. The number of ketones is 1. The Kier molecular flexibility index (Phi) is 4.96. The molecule has 0 radical (unpaired) electrons. The highest BCUT2D eigenvalue weighted by molar-refractivity contribution is 9.10. The maximum absolute atomic E-state index is 13.6. The average Bonchev–Trinajstić information content (AvgIpc) is 2.47. The average molecular weight is 353 g/mol. The Balaban J connectivity index is 2.24. The molecular formula is C16H14BrFO3. The van der Waals surface area contributed by atoms with Crippen LogP contribution in [-0.2, 0) is 6.61 Å². The number of hydrogen-bond acceptors (Lipinski definition) is 3. The molecule has 0 aliphatic carbocycles. The monoisotopic (exact) mass is 352 g/mol. The normalized spacial score (nSPS) is 10.3. The topological polar surface area (TPSA) is 35.5 Å². The number of carbonyl (C=O) groups is 1. The Hall–Kier alpha value is -1.88. The highest BCUT2D eigenvalue weighted by atomic mass is 79.9. The number of rotatable bonds is 5. The quantitative estimate of drug-likeness (QED) is 0.749. The number of ether oxygens (including phenoxy) is 2. The fraction of sp³-hybridized carbons (Fsp3) is 0.188. The van der Waals surface area contributed by atoms with Crippen molar-refractivity contribution in [1.82, 2.24) is 0 Å². The summed E-state index contributed by atoms with van der Waals surface area (Å²) in [6, 6.07) is 9.55. The SMILES string of the molecule is COc1ccc(C(C)=O)cc1COc1cc(Br)ccc1F. The van der Waals surface area contributed by atoms with Crippen LogP contribution in [0.1, 0.15) is 22.8 Å². The van der Waals surface area contributed by atoms with Crippen LogP contribution in [0.25, 0.3) is 0 Å². The van der Waals surface area contributed by atoms with Crippen LogP contribution in [0.5, 0.6) is 11.5 Å². The van der Waals surface area contributed by atoms with Gasteiger partial charge in [0, 0.05) is 15.6 Å². The van der Waals surface area contributed by atoms with Gasteiger partial charge in [-0.15, -0.1) is 0 Å². The Morgan fingerprint density at radius 3 is 2.62 bits per heavy atom. The lowest BCUT2D eigenvalue weighted by Crippen LogP contribution is -2.02. The number of Topliss-reactive ketones (excluding diaryl/α,β-unsaturated/α-hetero) is 1. The minimum Gasteiger partial charge on any atom is -0.496 e. The van der Waals surface area contributed by atoms with Crippen molar-refractivity contribution in [2.24, 2.45) is 0 Å². The minimum atomic E-state index is -0.445. The molecule has 2 aromatic rings. The van der Waals surface area contributed by atoms with Gasteiger partial charge in [-0.3, -0.25) is 4.79 Å². The van der Waals surface area contributed by atoms with Crippen molar-refractivity contribution in [2.75, 3.05) is 7.11 Å². The van der Waals surface area contributed by atoms with Crippen LogP contribution in [-0.4, -0.2) is 12.9 Å². The number of benzene rings is 2. The van der Waals surface area contributed by atoms with Gasteiger partial charge < -0.3 is 9.47 Å². The first-order valence-electron chi connectivity index (χ1n) is 6.27. The molecule has 0 amide bonds. The largest absolute Gasteiger partial charge is 0.496 e. The number of methoxy groups -OCH3 is 1. The first-order chi connectivity index (χ1) is 10.0. The molecule has 0 aliphatic rings. The fourth-order valence-corrected chi connectivity index (χ4v) is 2.19. The van der Waals surface area contributed by atoms with Gasteiger partial charge in [0.1, 0.15) is 12.4 Å². The fourth-order valence-electron chi connectivity index (χ4n) is 1.85. The summed E-state index contributed by atoms with van der Waals surface area (Å²) in [5.41, 5.74) is 1.24. The molecule has 2 rings (SSSR count). The molecule has 0 atom stereocenters. The molecular weight excluding hydrogens is 339 g/mol. The molecule has 0 aromatic heterocycles. The molecule has 0 bridgehead atoms. The van der Waals surface area contributed by atoms with Crippen molar-refractivity contribution in [3.8, 4) is 11.5 Å². The van der Waals surface area contributed by atoms with E-state index in [0.29, 0.717) is 16.9 Å². The van der Waals surface area contributed by atoms with E-state index in [1.54, 1.807) is 30.3 Å². The Labute approximate surface area is 130 Å². The third-order valence-electron chi connectivity index (χ3n) is 2.96. The van der Waals surface area contributed by atoms with Crippen molar-refractivity contribution in [1.29, 1.82) is 0 Å². The van der Waals surface area contributed by atoms with Crippen LogP contribution in [0, 0.1) is 5.82 Å². The van der Waals surface area contributed by atoms with Crippen molar-refractivity contribution >= 4 is 21.7 Å². The van der Waals surface area contributed by atoms with Gasteiger partial charge in [0.15, 0.2) is 17.3 Å². The van der Waals surface area contributed by atoms with E-state index in [0.717, 1.165) is 4.47 Å². The van der Waals surface area contributed by atoms with Gasteiger partial charge in [-0.05, 0) is 43.3 Å². The maximum Gasteiger partial charge on any atom is 0.165 e. The second-order valence-electron chi connectivity index (χ2n) is 4.45. The smallest absolute Gasteiger partial charge is 0.165 e. The van der Waals surface area contributed by atoms with E-state index in [9.17, 15) is 9.18 Å². The van der Waals surface area contributed by atoms with Gasteiger partial charge in [-0.25, -0.2) is 4.39 Å². The summed E-state index contributed by atoms with van der Waals surface area (Å²) in [6.07, 6.45) is 0. The summed E-state index contributed by atoms with van der Waals surface area (Å²) in [5, 5.41) is 0. The maximum atomic E-state index is 13.6. The molecule has 0 fully saturated rings. The molecule has 0 N–H and O–H groups in total. The van der Waals surface area contributed by atoms with Gasteiger partial charge in [-0.1, -0.05) is 15.9 Å². The van der Waals surface area contributed by atoms with Crippen LogP contribution in [0.2, 0.25) is 0 Å². The molecule has 0 saturated heterocycles. The lowest BCUT2D eigenvalue weighted by atomic mass is 10.1. The highest BCUT2D eigenvalue weighted by Gasteiger charge is 2.10. The van der Waals surface area contributed by atoms with Crippen LogP contribution in [0.15, 0.2) is 40.9 Å². The molecule has 5 heteroatoms. The standard InChI is InChI=1S/C16H14BrFO3/c1-10(19)11-3-6-15(20-2)12(7-11)9-21-16-8-13(17)4-5-14(16)18/h3-8H,9H2,1-2H3. The molecule has 0 unspecified atom stereocenters. The summed E-state index contributed by atoms with van der Waals surface area (Å²) in [7, 11) is 1.53. The van der Waals surface area contributed by atoms with Crippen LogP contribution >= 0.6 is 15.9 Å². The predicted octanol–water partition coefficient (Wildman–Crippen LogP) is 4.38. The molecule has 21 heavy (non-hydrogen) atoms. The van der Waals surface area contributed by atoms with Crippen LogP contribution < -0.4 is 9.47 Å². The van der Waals surface area contributed by atoms with E-state index < -0.39 is 5.82 Å². The predicted molar refractivity (Wildman–Crippen MR) is 81.4 cm³/mol. The molecule has 2 aromatic carbocycles. The number of halogens is 2. The summed E-state index contributed by atoms with van der Waals surface area (Å²) in [6.45, 7) is 1.60. The van der Waals surface area contributed by atoms with Gasteiger partial charge in [0.05, 0.1) is 7.11 Å². The van der Waals surface area contributed by atoms with Gasteiger partial charge in [-0.2, -0.15) is 0 Å². The third kappa shape index (κ3) is 3.82. The summed E-state index contributed by atoms with van der Waals surface area (Å²) >= 11 is 3.27. The molecule has 110 valence electrons. The Bertz CT molecular complexity index is 671. The Morgan fingerprint density at radius 1 is 1.19 bits per heavy atom. The zero-order valence-electron chi connectivity index (χ0n) is 11.7.